The molecule has 1 saturated heterocycles. The van der Waals surface area contributed by atoms with Crippen molar-refractivity contribution in [3.63, 3.8) is 0 Å². The fourth-order valence-electron chi connectivity index (χ4n) is 3.43. The molecule has 1 aliphatic rings. The van der Waals surface area contributed by atoms with Crippen LogP contribution in [0.25, 0.3) is 5.76 Å². The lowest BCUT2D eigenvalue weighted by Crippen LogP contribution is -2.28. The topological polar surface area (TPSA) is 114 Å². The molecule has 0 bridgehead atoms. The summed E-state index contributed by atoms with van der Waals surface area (Å²) in [6.45, 7) is 0.195. The third-order valence-corrected chi connectivity index (χ3v) is 5.66. The van der Waals surface area contributed by atoms with E-state index in [0.717, 1.165) is 4.88 Å². The number of likely N-dealkylation sites (tertiary alicyclic amines) is 1. The summed E-state index contributed by atoms with van der Waals surface area (Å²) in [6.07, 6.45) is 3.07. The number of carbonyl (C=O) groups is 2. The van der Waals surface area contributed by atoms with Crippen LogP contribution in [0.3, 0.4) is 0 Å². The molecule has 0 aliphatic carbocycles. The van der Waals surface area contributed by atoms with Crippen molar-refractivity contribution in [2.45, 2.75) is 12.6 Å². The summed E-state index contributed by atoms with van der Waals surface area (Å²) in [6, 6.07) is 11.5. The van der Waals surface area contributed by atoms with E-state index in [2.05, 4.69) is 4.98 Å². The van der Waals surface area contributed by atoms with Crippen LogP contribution in [0.5, 0.6) is 0 Å². The highest BCUT2D eigenvalue weighted by atomic mass is 32.1. The summed E-state index contributed by atoms with van der Waals surface area (Å²) in [4.78, 5) is 42.5. The number of amides is 1. The predicted molar refractivity (Wildman–Crippen MR) is 109 cm³/mol. The van der Waals surface area contributed by atoms with Gasteiger partial charge in [0.25, 0.3) is 17.4 Å². The number of thiophene rings is 1. The van der Waals surface area contributed by atoms with E-state index in [0.29, 0.717) is 5.56 Å². The SMILES string of the molecule is O=C1C(=O)N(Cc2cccs2)C(c2ccncc2)/C1=C(/O)c1cccc([N+](=O)[O-])c1. The number of nitrogens with zero attached hydrogens (tertiary/aromatic N) is 3. The minimum absolute atomic E-state index is 0.0948. The Balaban J connectivity index is 1.87. The zero-order valence-corrected chi connectivity index (χ0v) is 16.3. The zero-order valence-electron chi connectivity index (χ0n) is 15.5. The minimum atomic E-state index is -0.839. The third kappa shape index (κ3) is 3.46. The molecule has 1 aliphatic heterocycles. The second-order valence-electron chi connectivity index (χ2n) is 6.59. The number of non-ortho nitro benzene ring substituents is 1. The number of nitro benzene ring substituents is 1. The van der Waals surface area contributed by atoms with Crippen LogP contribution in [0.2, 0.25) is 0 Å². The van der Waals surface area contributed by atoms with Gasteiger partial charge in [-0.05, 0) is 29.1 Å². The van der Waals surface area contributed by atoms with E-state index in [-0.39, 0.29) is 23.4 Å². The van der Waals surface area contributed by atoms with Crippen molar-refractivity contribution in [2.75, 3.05) is 0 Å². The van der Waals surface area contributed by atoms with Gasteiger partial charge >= 0.3 is 0 Å². The number of benzene rings is 1. The number of rotatable bonds is 5. The van der Waals surface area contributed by atoms with Crippen LogP contribution in [-0.2, 0) is 16.1 Å². The lowest BCUT2D eigenvalue weighted by atomic mass is 9.96. The van der Waals surface area contributed by atoms with Crippen LogP contribution in [0.1, 0.15) is 22.0 Å². The first-order valence-electron chi connectivity index (χ1n) is 8.93. The first-order chi connectivity index (χ1) is 14.5. The van der Waals surface area contributed by atoms with Gasteiger partial charge in [-0.2, -0.15) is 0 Å². The number of aliphatic hydroxyl groups excluding tert-OH is 1. The fraction of sp³-hybridized carbons (Fsp3) is 0.0952. The Morgan fingerprint density at radius 3 is 2.60 bits per heavy atom. The zero-order chi connectivity index (χ0) is 21.3. The molecule has 1 N–H and O–H groups in total. The third-order valence-electron chi connectivity index (χ3n) is 4.80. The molecule has 3 aromatic rings. The first-order valence-corrected chi connectivity index (χ1v) is 9.81. The van der Waals surface area contributed by atoms with Gasteiger partial charge in [0.05, 0.1) is 23.1 Å². The predicted octanol–water partition coefficient (Wildman–Crippen LogP) is 3.67. The van der Waals surface area contributed by atoms with Crippen LogP contribution in [0, 0.1) is 10.1 Å². The fourth-order valence-corrected chi connectivity index (χ4v) is 4.13. The number of carbonyl (C=O) groups excluding carboxylic acids is 2. The number of aromatic nitrogens is 1. The summed E-state index contributed by atoms with van der Waals surface area (Å²) in [5.74, 6) is -2.03. The Bertz CT molecular complexity index is 1160. The Morgan fingerprint density at radius 2 is 1.93 bits per heavy atom. The summed E-state index contributed by atoms with van der Waals surface area (Å²) in [7, 11) is 0. The molecule has 9 heteroatoms. The van der Waals surface area contributed by atoms with Crippen LogP contribution in [-0.4, -0.2) is 31.6 Å². The lowest BCUT2D eigenvalue weighted by molar-refractivity contribution is -0.384. The van der Waals surface area contributed by atoms with Crippen molar-refractivity contribution in [1.82, 2.24) is 9.88 Å². The number of Topliss-reactive ketones (excluding diaryl/α,β-unsaturated/α-hetero) is 1. The van der Waals surface area contributed by atoms with Crippen molar-refractivity contribution < 1.29 is 19.6 Å². The smallest absolute Gasteiger partial charge is 0.295 e. The van der Waals surface area contributed by atoms with Crippen molar-refractivity contribution in [2.24, 2.45) is 0 Å². The Morgan fingerprint density at radius 1 is 1.17 bits per heavy atom. The van der Waals surface area contributed by atoms with Gasteiger partial charge in [0, 0.05) is 35.0 Å². The summed E-state index contributed by atoms with van der Waals surface area (Å²) in [5, 5.41) is 23.9. The van der Waals surface area contributed by atoms with Gasteiger partial charge in [0.15, 0.2) is 0 Å². The molecule has 0 saturated carbocycles. The number of aliphatic hydroxyl groups is 1. The van der Waals surface area contributed by atoms with Gasteiger partial charge < -0.3 is 10.0 Å². The highest BCUT2D eigenvalue weighted by Crippen LogP contribution is 2.40. The molecule has 0 radical (unpaired) electrons. The normalized spacial score (nSPS) is 18.0. The van der Waals surface area contributed by atoms with E-state index in [1.807, 2.05) is 17.5 Å². The summed E-state index contributed by atoms with van der Waals surface area (Å²) in [5.41, 5.74) is 0.362. The van der Waals surface area contributed by atoms with Crippen molar-refractivity contribution in [3.05, 3.63) is 98.0 Å². The van der Waals surface area contributed by atoms with Gasteiger partial charge in [-0.25, -0.2) is 0 Å². The Kier molecular flexibility index (Phi) is 5.11. The molecule has 1 atom stereocenters. The molecule has 3 heterocycles. The number of pyridine rings is 1. The average Bonchev–Trinajstić information content (AvgIpc) is 3.36. The highest BCUT2D eigenvalue weighted by Gasteiger charge is 2.46. The van der Waals surface area contributed by atoms with Crippen LogP contribution >= 0.6 is 11.3 Å². The summed E-state index contributed by atoms with van der Waals surface area (Å²) < 4.78 is 0. The maximum atomic E-state index is 12.9. The van der Waals surface area contributed by atoms with E-state index >= 15 is 0 Å². The maximum Gasteiger partial charge on any atom is 0.295 e. The molecule has 4 rings (SSSR count). The average molecular weight is 421 g/mol. The molecule has 1 aromatic carbocycles. The minimum Gasteiger partial charge on any atom is -0.507 e. The van der Waals surface area contributed by atoms with Crippen molar-refractivity contribution in [3.8, 4) is 0 Å². The Hall–Kier alpha value is -3.85. The maximum absolute atomic E-state index is 12.9. The van der Waals surface area contributed by atoms with E-state index in [1.165, 1.54) is 52.9 Å². The van der Waals surface area contributed by atoms with Gasteiger partial charge in [-0.15, -0.1) is 11.3 Å². The van der Waals surface area contributed by atoms with Gasteiger partial charge in [-0.1, -0.05) is 18.2 Å². The van der Waals surface area contributed by atoms with Gasteiger partial charge in [-0.3, -0.25) is 24.7 Å². The molecule has 1 amide bonds. The first kappa shape index (κ1) is 19.5. The van der Waals surface area contributed by atoms with E-state index in [1.54, 1.807) is 12.1 Å². The van der Waals surface area contributed by atoms with E-state index < -0.39 is 28.4 Å². The number of hydrogen-bond acceptors (Lipinski definition) is 7. The van der Waals surface area contributed by atoms with Crippen molar-refractivity contribution in [1.29, 1.82) is 0 Å². The van der Waals surface area contributed by atoms with Gasteiger partial charge in [0.1, 0.15) is 5.76 Å². The molecule has 1 fully saturated rings. The lowest BCUT2D eigenvalue weighted by Gasteiger charge is -2.24. The second-order valence-corrected chi connectivity index (χ2v) is 7.63. The quantitative estimate of drug-likeness (QED) is 0.221. The van der Waals surface area contributed by atoms with Crippen molar-refractivity contribution >= 4 is 34.5 Å². The molecule has 1 unspecified atom stereocenters. The second kappa shape index (κ2) is 7.88. The van der Waals surface area contributed by atoms with E-state index in [4.69, 9.17) is 0 Å². The molecule has 0 spiro atoms. The summed E-state index contributed by atoms with van der Waals surface area (Å²) >= 11 is 1.45. The number of ketones is 1. The highest BCUT2D eigenvalue weighted by molar-refractivity contribution is 7.09. The van der Waals surface area contributed by atoms with Crippen LogP contribution in [0.15, 0.2) is 71.9 Å². The van der Waals surface area contributed by atoms with Gasteiger partial charge in [0.2, 0.25) is 0 Å². The van der Waals surface area contributed by atoms with E-state index in [9.17, 15) is 24.8 Å². The number of nitro groups is 1. The molecule has 150 valence electrons. The number of hydrogen-bond donors (Lipinski definition) is 1. The molecule has 2 aromatic heterocycles. The van der Waals surface area contributed by atoms with Crippen LogP contribution < -0.4 is 0 Å². The molecular weight excluding hydrogens is 406 g/mol. The monoisotopic (exact) mass is 421 g/mol. The standard InChI is InChI=1S/C21H15N3O5S/c25-19(14-3-1-4-15(11-14)24(28)29)17-18(13-6-8-22-9-7-13)23(21(27)20(17)26)12-16-5-2-10-30-16/h1-11,18,25H,12H2/b19-17-. The molecule has 8 nitrogen and oxygen atoms in total. The molecular formula is C21H15N3O5S. The largest absolute Gasteiger partial charge is 0.507 e. The molecule has 30 heavy (non-hydrogen) atoms. The Labute approximate surface area is 174 Å². The van der Waals surface area contributed by atoms with Crippen LogP contribution in [0.4, 0.5) is 5.69 Å².